The molecule has 0 radical (unpaired) electrons. The lowest BCUT2D eigenvalue weighted by molar-refractivity contribution is -0.138. The Bertz CT molecular complexity index is 500. The summed E-state index contributed by atoms with van der Waals surface area (Å²) in [5, 5.41) is 2.55. The van der Waals surface area contributed by atoms with E-state index in [2.05, 4.69) is 30.3 Å². The summed E-state index contributed by atoms with van der Waals surface area (Å²) in [7, 11) is 1.68. The highest BCUT2D eigenvalue weighted by Crippen LogP contribution is 2.34. The molecule has 0 saturated heterocycles. The molecule has 0 aliphatic carbocycles. The minimum atomic E-state index is -0.219. The number of methoxy groups -OCH3 is 1. The van der Waals surface area contributed by atoms with Crippen molar-refractivity contribution in [1.82, 2.24) is 0 Å². The van der Waals surface area contributed by atoms with Crippen molar-refractivity contribution in [3.63, 3.8) is 0 Å². The molecule has 1 aliphatic heterocycles. The monoisotopic (exact) mass is 200 g/mol. The van der Waals surface area contributed by atoms with Crippen LogP contribution in [0.1, 0.15) is 17.4 Å². The summed E-state index contributed by atoms with van der Waals surface area (Å²) in [5.74, 6) is 0. The van der Waals surface area contributed by atoms with Crippen LogP contribution in [0.4, 0.5) is 0 Å². The van der Waals surface area contributed by atoms with E-state index < -0.39 is 0 Å². The molecular formula is C13H12O2. The van der Waals surface area contributed by atoms with Gasteiger partial charge in [-0.05, 0) is 16.3 Å². The fraction of sp³-hybridized carbons (Fsp3) is 0.231. The highest BCUT2D eigenvalue weighted by atomic mass is 16.7. The van der Waals surface area contributed by atoms with Gasteiger partial charge in [0.15, 0.2) is 6.29 Å². The van der Waals surface area contributed by atoms with Crippen molar-refractivity contribution in [3.05, 3.63) is 47.5 Å². The Labute approximate surface area is 88.4 Å². The van der Waals surface area contributed by atoms with Crippen LogP contribution in [0.25, 0.3) is 10.8 Å². The average Bonchev–Trinajstić information content (AvgIpc) is 2.30. The first-order valence-corrected chi connectivity index (χ1v) is 5.05. The Balaban J connectivity index is 2.36. The first kappa shape index (κ1) is 8.89. The molecule has 1 unspecified atom stereocenters. The molecule has 0 N–H and O–H groups in total. The van der Waals surface area contributed by atoms with Crippen LogP contribution in [0.15, 0.2) is 36.4 Å². The van der Waals surface area contributed by atoms with E-state index in [0.717, 1.165) is 5.56 Å². The maximum absolute atomic E-state index is 5.62. The maximum Gasteiger partial charge on any atom is 0.184 e. The highest BCUT2D eigenvalue weighted by Gasteiger charge is 2.21. The van der Waals surface area contributed by atoms with Crippen LogP contribution in [-0.4, -0.2) is 7.11 Å². The molecule has 0 saturated carbocycles. The predicted octanol–water partition coefficient (Wildman–Crippen LogP) is 3.02. The Morgan fingerprint density at radius 2 is 2.00 bits per heavy atom. The van der Waals surface area contributed by atoms with E-state index in [9.17, 15) is 0 Å². The minimum Gasteiger partial charge on any atom is -0.352 e. The quantitative estimate of drug-likeness (QED) is 0.704. The number of ether oxygens (including phenoxy) is 2. The molecule has 76 valence electrons. The molecule has 0 spiro atoms. The summed E-state index contributed by atoms with van der Waals surface area (Å²) < 4.78 is 10.9. The Morgan fingerprint density at radius 1 is 1.20 bits per heavy atom. The Hall–Kier alpha value is -1.38. The van der Waals surface area contributed by atoms with Gasteiger partial charge in [0.05, 0.1) is 6.61 Å². The lowest BCUT2D eigenvalue weighted by Crippen LogP contribution is -2.12. The first-order chi connectivity index (χ1) is 7.40. The van der Waals surface area contributed by atoms with Gasteiger partial charge in [0.1, 0.15) is 0 Å². The van der Waals surface area contributed by atoms with Gasteiger partial charge in [-0.1, -0.05) is 36.4 Å². The summed E-state index contributed by atoms with van der Waals surface area (Å²) in [6.07, 6.45) is -0.219. The fourth-order valence-electron chi connectivity index (χ4n) is 2.22. The molecule has 1 atom stereocenters. The largest absolute Gasteiger partial charge is 0.352 e. The molecule has 2 aromatic rings. The molecule has 0 fully saturated rings. The second kappa shape index (κ2) is 3.33. The Kier molecular flexibility index (Phi) is 1.97. The van der Waals surface area contributed by atoms with Crippen molar-refractivity contribution < 1.29 is 9.47 Å². The van der Waals surface area contributed by atoms with Crippen LogP contribution in [-0.2, 0) is 16.1 Å². The second-order valence-corrected chi connectivity index (χ2v) is 3.74. The first-order valence-electron chi connectivity index (χ1n) is 5.05. The maximum atomic E-state index is 5.62. The van der Waals surface area contributed by atoms with Crippen LogP contribution in [0.3, 0.4) is 0 Å². The highest BCUT2D eigenvalue weighted by molar-refractivity contribution is 5.89. The van der Waals surface area contributed by atoms with Crippen molar-refractivity contribution in [2.45, 2.75) is 12.9 Å². The van der Waals surface area contributed by atoms with Crippen LogP contribution < -0.4 is 0 Å². The van der Waals surface area contributed by atoms with Gasteiger partial charge in [-0.2, -0.15) is 0 Å². The van der Waals surface area contributed by atoms with E-state index in [4.69, 9.17) is 9.47 Å². The zero-order chi connectivity index (χ0) is 10.3. The number of rotatable bonds is 1. The average molecular weight is 200 g/mol. The number of benzene rings is 2. The van der Waals surface area contributed by atoms with Crippen molar-refractivity contribution >= 4 is 10.8 Å². The number of hydrogen-bond donors (Lipinski definition) is 0. The van der Waals surface area contributed by atoms with E-state index in [1.807, 2.05) is 6.07 Å². The molecule has 2 aromatic carbocycles. The molecular weight excluding hydrogens is 188 g/mol. The van der Waals surface area contributed by atoms with Crippen LogP contribution >= 0.6 is 0 Å². The number of hydrogen-bond acceptors (Lipinski definition) is 2. The smallest absolute Gasteiger partial charge is 0.184 e. The molecule has 1 heterocycles. The summed E-state index contributed by atoms with van der Waals surface area (Å²) in [6.45, 7) is 0.632. The third-order valence-electron chi connectivity index (χ3n) is 2.88. The Morgan fingerprint density at radius 3 is 2.80 bits per heavy atom. The molecule has 0 amide bonds. The van der Waals surface area contributed by atoms with Crippen molar-refractivity contribution in [1.29, 1.82) is 0 Å². The molecule has 3 rings (SSSR count). The van der Waals surface area contributed by atoms with Gasteiger partial charge in [-0.3, -0.25) is 0 Å². The molecule has 2 heteroatoms. The molecule has 1 aliphatic rings. The van der Waals surface area contributed by atoms with Crippen molar-refractivity contribution in [3.8, 4) is 0 Å². The van der Waals surface area contributed by atoms with Gasteiger partial charge in [0, 0.05) is 12.7 Å². The predicted molar refractivity (Wildman–Crippen MR) is 58.5 cm³/mol. The standard InChI is InChI=1S/C13H12O2/c1-14-13-11-7-3-5-9-4-2-6-10(8-15-13)12(9)11/h2-7,13H,8H2,1H3. The van der Waals surface area contributed by atoms with Gasteiger partial charge in [0.2, 0.25) is 0 Å². The van der Waals surface area contributed by atoms with E-state index >= 15 is 0 Å². The van der Waals surface area contributed by atoms with Crippen LogP contribution in [0.2, 0.25) is 0 Å². The summed E-state index contributed by atoms with van der Waals surface area (Å²) in [4.78, 5) is 0. The zero-order valence-corrected chi connectivity index (χ0v) is 8.57. The molecule has 0 aromatic heterocycles. The van der Waals surface area contributed by atoms with Crippen LogP contribution in [0.5, 0.6) is 0 Å². The topological polar surface area (TPSA) is 18.5 Å². The van der Waals surface area contributed by atoms with Gasteiger partial charge >= 0.3 is 0 Å². The van der Waals surface area contributed by atoms with Crippen LogP contribution in [0, 0.1) is 0 Å². The molecule has 15 heavy (non-hydrogen) atoms. The zero-order valence-electron chi connectivity index (χ0n) is 8.57. The third-order valence-corrected chi connectivity index (χ3v) is 2.88. The summed E-state index contributed by atoms with van der Waals surface area (Å²) in [5.41, 5.74) is 2.38. The fourth-order valence-corrected chi connectivity index (χ4v) is 2.22. The van der Waals surface area contributed by atoms with Gasteiger partial charge < -0.3 is 9.47 Å². The van der Waals surface area contributed by atoms with E-state index in [1.165, 1.54) is 16.3 Å². The van der Waals surface area contributed by atoms with Gasteiger partial charge in [-0.25, -0.2) is 0 Å². The van der Waals surface area contributed by atoms with Gasteiger partial charge in [-0.15, -0.1) is 0 Å². The summed E-state index contributed by atoms with van der Waals surface area (Å²) in [6, 6.07) is 12.5. The lowest BCUT2D eigenvalue weighted by atomic mass is 9.97. The third kappa shape index (κ3) is 1.26. The summed E-state index contributed by atoms with van der Waals surface area (Å²) >= 11 is 0. The van der Waals surface area contributed by atoms with E-state index in [0.29, 0.717) is 6.61 Å². The van der Waals surface area contributed by atoms with Gasteiger partial charge in [0.25, 0.3) is 0 Å². The molecule has 2 nitrogen and oxygen atoms in total. The van der Waals surface area contributed by atoms with E-state index in [1.54, 1.807) is 7.11 Å². The van der Waals surface area contributed by atoms with Crippen molar-refractivity contribution in [2.75, 3.05) is 7.11 Å². The lowest BCUT2D eigenvalue weighted by Gasteiger charge is -2.24. The van der Waals surface area contributed by atoms with Crippen molar-refractivity contribution in [2.24, 2.45) is 0 Å². The SMILES string of the molecule is COC1OCc2cccc3cccc1c23. The normalized spacial score (nSPS) is 19.4. The van der Waals surface area contributed by atoms with E-state index in [-0.39, 0.29) is 6.29 Å². The minimum absolute atomic E-state index is 0.219. The molecule has 0 bridgehead atoms. The second-order valence-electron chi connectivity index (χ2n) is 3.74.